The van der Waals surface area contributed by atoms with Crippen LogP contribution < -0.4 is 0 Å². The number of nitrogens with zero attached hydrogens (tertiary/aromatic N) is 2. The zero-order valence-electron chi connectivity index (χ0n) is 8.83. The summed E-state index contributed by atoms with van der Waals surface area (Å²) in [5.41, 5.74) is 2.48. The molecular weight excluding hydrogens is 172 g/mol. The molecule has 72 valence electrons. The lowest BCUT2D eigenvalue weighted by Gasteiger charge is -2.26. The molecule has 0 N–H and O–H groups in total. The molecule has 0 atom stereocenters. The Balaban J connectivity index is 3.33. The summed E-state index contributed by atoms with van der Waals surface area (Å²) in [5, 5.41) is 8.94. The predicted molar refractivity (Wildman–Crippen MR) is 56.8 cm³/mol. The quantitative estimate of drug-likeness (QED) is 0.666. The number of allylic oxidation sites excluding steroid dienone is 1. The van der Waals surface area contributed by atoms with Crippen LogP contribution in [0.3, 0.4) is 0 Å². The van der Waals surface area contributed by atoms with Crippen molar-refractivity contribution in [3.63, 3.8) is 0 Å². The molecular formula is C12H14N2. The van der Waals surface area contributed by atoms with E-state index in [0.29, 0.717) is 5.56 Å². The van der Waals surface area contributed by atoms with Gasteiger partial charge in [-0.05, 0) is 18.6 Å². The molecule has 2 heteroatoms. The molecule has 1 aromatic rings. The number of nitriles is 1. The molecule has 2 nitrogen and oxygen atoms in total. The van der Waals surface area contributed by atoms with Crippen LogP contribution in [0.25, 0.3) is 0 Å². The minimum atomic E-state index is -0.173. The summed E-state index contributed by atoms with van der Waals surface area (Å²) in [7, 11) is 0. The van der Waals surface area contributed by atoms with Gasteiger partial charge < -0.3 is 0 Å². The molecule has 1 aromatic heterocycles. The standard InChI is InChI=1S/C12H14N2/c1-9(2)12(3,4)11-5-6-14-8-10(11)7-13/h5-6,8H,1H2,2-4H3. The lowest BCUT2D eigenvalue weighted by Crippen LogP contribution is -2.19. The molecule has 14 heavy (non-hydrogen) atoms. The number of rotatable bonds is 2. The third kappa shape index (κ3) is 1.67. The van der Waals surface area contributed by atoms with Gasteiger partial charge in [0.2, 0.25) is 0 Å². The van der Waals surface area contributed by atoms with E-state index in [9.17, 15) is 0 Å². The average molecular weight is 186 g/mol. The number of aromatic nitrogens is 1. The number of hydrogen-bond donors (Lipinski definition) is 0. The van der Waals surface area contributed by atoms with Crippen molar-refractivity contribution < 1.29 is 0 Å². The molecule has 0 spiro atoms. The van der Waals surface area contributed by atoms with Crippen LogP contribution in [0.5, 0.6) is 0 Å². The van der Waals surface area contributed by atoms with E-state index in [1.54, 1.807) is 12.4 Å². The Morgan fingerprint density at radius 1 is 1.57 bits per heavy atom. The smallest absolute Gasteiger partial charge is 0.101 e. The van der Waals surface area contributed by atoms with E-state index in [1.807, 2.05) is 13.0 Å². The summed E-state index contributed by atoms with van der Waals surface area (Å²) in [6.45, 7) is 10.0. The maximum atomic E-state index is 8.94. The van der Waals surface area contributed by atoms with Gasteiger partial charge in [0.25, 0.3) is 0 Å². The summed E-state index contributed by atoms with van der Waals surface area (Å²) >= 11 is 0. The lowest BCUT2D eigenvalue weighted by atomic mass is 9.78. The first-order valence-corrected chi connectivity index (χ1v) is 4.50. The van der Waals surface area contributed by atoms with Crippen LogP contribution >= 0.6 is 0 Å². The minimum absolute atomic E-state index is 0.173. The normalized spacial score (nSPS) is 10.7. The van der Waals surface area contributed by atoms with Gasteiger partial charge in [0.1, 0.15) is 6.07 Å². The van der Waals surface area contributed by atoms with Crippen molar-refractivity contribution in [3.8, 4) is 6.07 Å². The highest BCUT2D eigenvalue weighted by Gasteiger charge is 2.24. The Morgan fingerprint density at radius 3 is 2.71 bits per heavy atom. The molecule has 0 aliphatic carbocycles. The van der Waals surface area contributed by atoms with Crippen LogP contribution in [0, 0.1) is 11.3 Å². The van der Waals surface area contributed by atoms with E-state index in [-0.39, 0.29) is 5.41 Å². The van der Waals surface area contributed by atoms with Crippen molar-refractivity contribution in [2.24, 2.45) is 0 Å². The topological polar surface area (TPSA) is 36.7 Å². The van der Waals surface area contributed by atoms with Crippen LogP contribution in [0.4, 0.5) is 0 Å². The van der Waals surface area contributed by atoms with Crippen LogP contribution in [-0.2, 0) is 5.41 Å². The van der Waals surface area contributed by atoms with Crippen molar-refractivity contribution in [1.29, 1.82) is 5.26 Å². The van der Waals surface area contributed by atoms with Crippen LogP contribution in [0.15, 0.2) is 30.6 Å². The Morgan fingerprint density at radius 2 is 2.21 bits per heavy atom. The maximum absolute atomic E-state index is 8.94. The lowest BCUT2D eigenvalue weighted by molar-refractivity contribution is 0.623. The van der Waals surface area contributed by atoms with E-state index in [4.69, 9.17) is 5.26 Å². The Labute approximate surface area is 84.9 Å². The molecule has 0 fully saturated rings. The molecule has 0 amide bonds. The fraction of sp³-hybridized carbons (Fsp3) is 0.333. The highest BCUT2D eigenvalue weighted by Crippen LogP contribution is 2.31. The Hall–Kier alpha value is -1.62. The van der Waals surface area contributed by atoms with Crippen LogP contribution in [-0.4, -0.2) is 4.98 Å². The first-order valence-electron chi connectivity index (χ1n) is 4.50. The number of pyridine rings is 1. The van der Waals surface area contributed by atoms with Crippen LogP contribution in [0.2, 0.25) is 0 Å². The summed E-state index contributed by atoms with van der Waals surface area (Å²) < 4.78 is 0. The van der Waals surface area contributed by atoms with E-state index in [2.05, 4.69) is 31.5 Å². The molecule has 1 heterocycles. The van der Waals surface area contributed by atoms with Gasteiger partial charge in [-0.3, -0.25) is 4.98 Å². The Bertz CT molecular complexity index is 397. The first kappa shape index (κ1) is 10.5. The van der Waals surface area contributed by atoms with Crippen molar-refractivity contribution in [1.82, 2.24) is 4.98 Å². The van der Waals surface area contributed by atoms with Gasteiger partial charge in [0.15, 0.2) is 0 Å². The van der Waals surface area contributed by atoms with Gasteiger partial charge >= 0.3 is 0 Å². The summed E-state index contributed by atoms with van der Waals surface area (Å²) in [5.74, 6) is 0. The van der Waals surface area contributed by atoms with Gasteiger partial charge in [0, 0.05) is 17.8 Å². The third-order valence-electron chi connectivity index (χ3n) is 2.68. The summed E-state index contributed by atoms with van der Waals surface area (Å²) in [6.07, 6.45) is 3.31. The summed E-state index contributed by atoms with van der Waals surface area (Å²) in [4.78, 5) is 3.94. The fourth-order valence-corrected chi connectivity index (χ4v) is 1.26. The fourth-order valence-electron chi connectivity index (χ4n) is 1.26. The molecule has 0 unspecified atom stereocenters. The third-order valence-corrected chi connectivity index (χ3v) is 2.68. The van der Waals surface area contributed by atoms with Crippen molar-refractivity contribution in [2.75, 3.05) is 0 Å². The highest BCUT2D eigenvalue weighted by atomic mass is 14.6. The molecule has 0 aromatic carbocycles. The SMILES string of the molecule is C=C(C)C(C)(C)c1ccncc1C#N. The van der Waals surface area contributed by atoms with Gasteiger partial charge in [-0.15, -0.1) is 0 Å². The van der Waals surface area contributed by atoms with Crippen molar-refractivity contribution in [2.45, 2.75) is 26.2 Å². The summed E-state index contributed by atoms with van der Waals surface area (Å²) in [6, 6.07) is 4.04. The highest BCUT2D eigenvalue weighted by molar-refractivity contribution is 5.43. The predicted octanol–water partition coefficient (Wildman–Crippen LogP) is 2.81. The van der Waals surface area contributed by atoms with Gasteiger partial charge in [-0.2, -0.15) is 5.26 Å². The molecule has 0 bridgehead atoms. The molecule has 0 saturated carbocycles. The largest absolute Gasteiger partial charge is 0.263 e. The zero-order chi connectivity index (χ0) is 10.8. The maximum Gasteiger partial charge on any atom is 0.101 e. The van der Waals surface area contributed by atoms with Crippen molar-refractivity contribution in [3.05, 3.63) is 41.7 Å². The van der Waals surface area contributed by atoms with Crippen molar-refractivity contribution >= 4 is 0 Å². The van der Waals surface area contributed by atoms with E-state index < -0.39 is 0 Å². The second-order valence-electron chi connectivity index (χ2n) is 3.94. The van der Waals surface area contributed by atoms with E-state index in [1.165, 1.54) is 0 Å². The van der Waals surface area contributed by atoms with Gasteiger partial charge in [0.05, 0.1) is 5.56 Å². The van der Waals surface area contributed by atoms with Gasteiger partial charge in [-0.25, -0.2) is 0 Å². The first-order chi connectivity index (χ1) is 6.50. The van der Waals surface area contributed by atoms with E-state index >= 15 is 0 Å². The zero-order valence-corrected chi connectivity index (χ0v) is 8.83. The van der Waals surface area contributed by atoms with E-state index in [0.717, 1.165) is 11.1 Å². The Kier molecular flexibility index (Phi) is 2.71. The molecule has 0 aliphatic heterocycles. The monoisotopic (exact) mass is 186 g/mol. The average Bonchev–Trinajstić information content (AvgIpc) is 2.17. The molecule has 0 saturated heterocycles. The minimum Gasteiger partial charge on any atom is -0.263 e. The second-order valence-corrected chi connectivity index (χ2v) is 3.94. The molecule has 0 aliphatic rings. The van der Waals surface area contributed by atoms with Crippen LogP contribution in [0.1, 0.15) is 31.9 Å². The molecule has 1 rings (SSSR count). The number of hydrogen-bond acceptors (Lipinski definition) is 2. The molecule has 0 radical (unpaired) electrons. The second kappa shape index (κ2) is 3.63. The van der Waals surface area contributed by atoms with Gasteiger partial charge in [-0.1, -0.05) is 26.0 Å².